The molecule has 0 fully saturated rings. The van der Waals surface area contributed by atoms with Crippen LogP contribution in [-0.2, 0) is 0 Å². The van der Waals surface area contributed by atoms with Crippen molar-refractivity contribution in [1.29, 1.82) is 0 Å². The molecule has 0 saturated carbocycles. The number of rotatable bonds is 0. The van der Waals surface area contributed by atoms with Crippen molar-refractivity contribution in [3.8, 4) is 0 Å². The fourth-order valence-electron chi connectivity index (χ4n) is 3.27. The molecule has 0 aliphatic carbocycles. The molecule has 0 radical (unpaired) electrons. The third-order valence-corrected chi connectivity index (χ3v) is 5.85. The zero-order chi connectivity index (χ0) is 20.6. The molecule has 4 aromatic rings. The van der Waals surface area contributed by atoms with Crippen molar-refractivity contribution >= 4 is 33.4 Å². The van der Waals surface area contributed by atoms with Gasteiger partial charge in [-0.25, -0.2) is 0 Å². The molecule has 0 unspecified atom stereocenters. The summed E-state index contributed by atoms with van der Waals surface area (Å²) in [5.74, 6) is 0. The van der Waals surface area contributed by atoms with Crippen molar-refractivity contribution in [2.45, 2.75) is 41.5 Å². The zero-order valence-corrected chi connectivity index (χ0v) is 18.0. The number of para-hydroxylation sites is 2. The van der Waals surface area contributed by atoms with Gasteiger partial charge in [-0.2, -0.15) is 0 Å². The van der Waals surface area contributed by atoms with Crippen LogP contribution in [0.5, 0.6) is 0 Å². The van der Waals surface area contributed by atoms with Crippen LogP contribution in [0.3, 0.4) is 0 Å². The summed E-state index contributed by atoms with van der Waals surface area (Å²) in [6, 6.07) is 11.9. The first-order valence-corrected chi connectivity index (χ1v) is 9.71. The molecule has 0 atom stereocenters. The maximum Gasteiger partial charge on any atom is 0.192 e. The first-order valence-electron chi connectivity index (χ1n) is 9.33. The normalized spacial score (nSPS) is 10.8. The van der Waals surface area contributed by atoms with Gasteiger partial charge in [0.1, 0.15) is 0 Å². The Labute approximate surface area is 170 Å². The Morgan fingerprint density at radius 2 is 1.43 bits per heavy atom. The van der Waals surface area contributed by atoms with E-state index in [-0.39, 0.29) is 5.43 Å². The summed E-state index contributed by atoms with van der Waals surface area (Å²) in [5, 5.41) is 2.67. The second-order valence-corrected chi connectivity index (χ2v) is 7.69. The maximum absolute atomic E-state index is 11.9. The lowest BCUT2D eigenvalue weighted by atomic mass is 10.1. The number of aromatic nitrogens is 2. The molecule has 0 spiro atoms. The second-order valence-electron chi connectivity index (χ2n) is 7.31. The SMILES string of the molecule is Cc1[nH]c2c(C)cccc2c(=O)c1C.Cc1nc2c(C)cccc2c(Cl)c1C. The van der Waals surface area contributed by atoms with E-state index in [1.165, 1.54) is 5.56 Å². The zero-order valence-electron chi connectivity index (χ0n) is 17.2. The molecule has 0 amide bonds. The van der Waals surface area contributed by atoms with E-state index in [2.05, 4.69) is 23.0 Å². The van der Waals surface area contributed by atoms with E-state index >= 15 is 0 Å². The molecule has 0 saturated heterocycles. The van der Waals surface area contributed by atoms with Crippen LogP contribution in [0.2, 0.25) is 5.02 Å². The van der Waals surface area contributed by atoms with Crippen molar-refractivity contribution in [2.24, 2.45) is 0 Å². The molecule has 1 N–H and O–H groups in total. The fourth-order valence-corrected chi connectivity index (χ4v) is 3.56. The number of hydrogen-bond acceptors (Lipinski definition) is 2. The number of H-pyrrole nitrogens is 1. The third-order valence-electron chi connectivity index (χ3n) is 5.36. The Hall–Kier alpha value is -2.65. The molecule has 28 heavy (non-hydrogen) atoms. The number of aromatic amines is 1. The number of aryl methyl sites for hydroxylation is 4. The van der Waals surface area contributed by atoms with Crippen LogP contribution in [0.1, 0.15) is 33.6 Å². The third kappa shape index (κ3) is 3.55. The Kier molecular flexibility index (Phi) is 5.57. The van der Waals surface area contributed by atoms with Gasteiger partial charge in [0.25, 0.3) is 0 Å². The lowest BCUT2D eigenvalue weighted by Gasteiger charge is -2.08. The van der Waals surface area contributed by atoms with Gasteiger partial charge in [-0.1, -0.05) is 41.9 Å². The summed E-state index contributed by atoms with van der Waals surface area (Å²) in [6.45, 7) is 11.9. The standard InChI is InChI=1S/C12H12ClN.C12H13NO/c1-7-5-4-6-10-11(13)8(2)9(3)14-12(7)10;1-7-5-4-6-10-11(7)13-9(3)8(2)12(10)14/h4-6H,1-3H3;4-6H,1-3H3,(H,13,14). The largest absolute Gasteiger partial charge is 0.358 e. The van der Waals surface area contributed by atoms with Gasteiger partial charge >= 0.3 is 0 Å². The quantitative estimate of drug-likeness (QED) is 0.383. The lowest BCUT2D eigenvalue weighted by Crippen LogP contribution is -2.09. The number of nitrogens with zero attached hydrogens (tertiary/aromatic N) is 1. The molecule has 144 valence electrons. The highest BCUT2D eigenvalue weighted by atomic mass is 35.5. The van der Waals surface area contributed by atoms with Gasteiger partial charge < -0.3 is 4.98 Å². The first kappa shape index (κ1) is 20.1. The number of benzene rings is 2. The van der Waals surface area contributed by atoms with Gasteiger partial charge in [0.2, 0.25) is 0 Å². The van der Waals surface area contributed by atoms with E-state index in [1.807, 2.05) is 65.0 Å². The van der Waals surface area contributed by atoms with Crippen LogP contribution in [0, 0.1) is 41.5 Å². The topological polar surface area (TPSA) is 45.8 Å². The summed E-state index contributed by atoms with van der Waals surface area (Å²) < 4.78 is 0. The minimum absolute atomic E-state index is 0.139. The molecule has 4 rings (SSSR count). The van der Waals surface area contributed by atoms with Gasteiger partial charge in [-0.3, -0.25) is 9.78 Å². The average molecular weight is 393 g/mol. The molecule has 2 aromatic carbocycles. The minimum Gasteiger partial charge on any atom is -0.358 e. The summed E-state index contributed by atoms with van der Waals surface area (Å²) in [7, 11) is 0. The smallest absolute Gasteiger partial charge is 0.192 e. The van der Waals surface area contributed by atoms with E-state index in [9.17, 15) is 4.79 Å². The predicted molar refractivity (Wildman–Crippen MR) is 120 cm³/mol. The van der Waals surface area contributed by atoms with Crippen LogP contribution >= 0.6 is 11.6 Å². The van der Waals surface area contributed by atoms with Gasteiger partial charge in [-0.15, -0.1) is 0 Å². The fraction of sp³-hybridized carbons (Fsp3) is 0.250. The summed E-state index contributed by atoms with van der Waals surface area (Å²) in [6.07, 6.45) is 0. The summed E-state index contributed by atoms with van der Waals surface area (Å²) in [4.78, 5) is 19.7. The number of fused-ring (bicyclic) bond motifs is 2. The lowest BCUT2D eigenvalue weighted by molar-refractivity contribution is 1.17. The van der Waals surface area contributed by atoms with Crippen LogP contribution in [0.15, 0.2) is 41.2 Å². The molecular weight excluding hydrogens is 368 g/mol. The van der Waals surface area contributed by atoms with Gasteiger partial charge in [-0.05, 0) is 64.3 Å². The summed E-state index contributed by atoms with van der Waals surface area (Å²) >= 11 is 6.26. The van der Waals surface area contributed by atoms with E-state index < -0.39 is 0 Å². The average Bonchev–Trinajstić information content (AvgIpc) is 2.67. The van der Waals surface area contributed by atoms with Crippen LogP contribution in [-0.4, -0.2) is 9.97 Å². The Bertz CT molecular complexity index is 1260. The van der Waals surface area contributed by atoms with Crippen molar-refractivity contribution in [1.82, 2.24) is 9.97 Å². The molecule has 0 aliphatic rings. The first-order chi connectivity index (χ1) is 13.2. The second kappa shape index (κ2) is 7.76. The van der Waals surface area contributed by atoms with E-state index in [0.717, 1.165) is 54.9 Å². The number of hydrogen-bond donors (Lipinski definition) is 1. The van der Waals surface area contributed by atoms with Crippen LogP contribution in [0.4, 0.5) is 0 Å². The highest BCUT2D eigenvalue weighted by Gasteiger charge is 2.08. The molecule has 4 heteroatoms. The molecule has 2 aromatic heterocycles. The Morgan fingerprint density at radius 1 is 0.821 bits per heavy atom. The van der Waals surface area contributed by atoms with Crippen molar-refractivity contribution in [3.63, 3.8) is 0 Å². The molecular formula is C24H25ClN2O. The van der Waals surface area contributed by atoms with Crippen LogP contribution < -0.4 is 5.43 Å². The van der Waals surface area contributed by atoms with E-state index in [1.54, 1.807) is 0 Å². The van der Waals surface area contributed by atoms with E-state index in [4.69, 9.17) is 11.6 Å². The molecule has 0 bridgehead atoms. The highest BCUT2D eigenvalue weighted by Crippen LogP contribution is 2.28. The van der Waals surface area contributed by atoms with E-state index in [0.29, 0.717) is 0 Å². The van der Waals surface area contributed by atoms with Crippen LogP contribution in [0.25, 0.3) is 21.8 Å². The minimum atomic E-state index is 0.139. The van der Waals surface area contributed by atoms with Crippen molar-refractivity contribution < 1.29 is 0 Å². The highest BCUT2D eigenvalue weighted by molar-refractivity contribution is 6.36. The van der Waals surface area contributed by atoms with Gasteiger partial charge in [0, 0.05) is 27.7 Å². The van der Waals surface area contributed by atoms with Crippen molar-refractivity contribution in [3.05, 3.63) is 85.3 Å². The monoisotopic (exact) mass is 392 g/mol. The Morgan fingerprint density at radius 3 is 2.11 bits per heavy atom. The molecule has 0 aliphatic heterocycles. The maximum atomic E-state index is 11.9. The van der Waals surface area contributed by atoms with Crippen molar-refractivity contribution in [2.75, 3.05) is 0 Å². The number of nitrogens with one attached hydrogen (secondary N) is 1. The predicted octanol–water partition coefficient (Wildman–Crippen LogP) is 6.27. The van der Waals surface area contributed by atoms with Gasteiger partial charge in [0.15, 0.2) is 5.43 Å². The summed E-state index contributed by atoms with van der Waals surface area (Å²) in [5.41, 5.74) is 8.25. The molecule has 2 heterocycles. The Balaban J connectivity index is 0.000000161. The number of pyridine rings is 2. The molecule has 3 nitrogen and oxygen atoms in total. The number of halogens is 1. The van der Waals surface area contributed by atoms with Gasteiger partial charge in [0.05, 0.1) is 16.1 Å².